The number of halogens is 3. The van der Waals surface area contributed by atoms with E-state index in [0.29, 0.717) is 25.6 Å². The zero-order chi connectivity index (χ0) is 17.9. The second kappa shape index (κ2) is 7.09. The van der Waals surface area contributed by atoms with Gasteiger partial charge in [0, 0.05) is 19.6 Å². The van der Waals surface area contributed by atoms with Crippen molar-refractivity contribution >= 4 is 5.91 Å². The molecule has 1 aromatic rings. The van der Waals surface area contributed by atoms with E-state index < -0.39 is 11.9 Å². The van der Waals surface area contributed by atoms with Gasteiger partial charge in [-0.05, 0) is 37.1 Å². The van der Waals surface area contributed by atoms with Crippen molar-refractivity contribution in [2.75, 3.05) is 32.9 Å². The maximum atomic E-state index is 12.1. The number of nitrogens with one attached hydrogen (secondary N) is 2. The van der Waals surface area contributed by atoms with Gasteiger partial charge in [0.15, 0.2) is 0 Å². The number of rotatable bonds is 5. The van der Waals surface area contributed by atoms with Crippen molar-refractivity contribution in [3.05, 3.63) is 24.3 Å². The number of benzene rings is 1. The molecular weight excluding hydrogens is 339 g/mol. The minimum Gasteiger partial charge on any atom is -0.492 e. The molecule has 138 valence electrons. The highest BCUT2D eigenvalue weighted by Crippen LogP contribution is 2.26. The molecule has 0 aromatic heterocycles. The van der Waals surface area contributed by atoms with Crippen LogP contribution in [0.25, 0.3) is 0 Å². The summed E-state index contributed by atoms with van der Waals surface area (Å²) < 4.78 is 45.7. The fourth-order valence-electron chi connectivity index (χ4n) is 3.14. The Labute approximate surface area is 143 Å². The third-order valence-electron chi connectivity index (χ3n) is 4.55. The number of amides is 1. The molecule has 0 unspecified atom stereocenters. The second-order valence-corrected chi connectivity index (χ2v) is 6.15. The van der Waals surface area contributed by atoms with Crippen LogP contribution < -0.4 is 20.1 Å². The van der Waals surface area contributed by atoms with Gasteiger partial charge in [-0.3, -0.25) is 15.0 Å². The zero-order valence-electron chi connectivity index (χ0n) is 13.6. The van der Waals surface area contributed by atoms with Gasteiger partial charge in [0.1, 0.15) is 23.6 Å². The molecule has 1 spiro atoms. The smallest absolute Gasteiger partial charge is 0.492 e. The van der Waals surface area contributed by atoms with Crippen LogP contribution in [0.2, 0.25) is 0 Å². The molecule has 0 radical (unpaired) electrons. The van der Waals surface area contributed by atoms with E-state index in [4.69, 9.17) is 4.74 Å². The van der Waals surface area contributed by atoms with Crippen molar-refractivity contribution in [1.82, 2.24) is 15.5 Å². The Morgan fingerprint density at radius 3 is 2.32 bits per heavy atom. The summed E-state index contributed by atoms with van der Waals surface area (Å²) in [5.74, 6) is 0.285. The standard InChI is InChI=1S/C16H20F3N3O3/c17-16(18,19)25-13-3-1-12(2-4-13)24-10-9-22-7-5-15(6-8-22)14(23)20-11-21-15/h1-4,21H,5-11H2,(H,20,23). The van der Waals surface area contributed by atoms with E-state index in [0.717, 1.165) is 25.9 Å². The lowest BCUT2D eigenvalue weighted by Gasteiger charge is -2.37. The van der Waals surface area contributed by atoms with Crippen LogP contribution in [0.1, 0.15) is 12.8 Å². The molecule has 2 fully saturated rings. The number of hydrogen-bond acceptors (Lipinski definition) is 5. The van der Waals surface area contributed by atoms with E-state index in [9.17, 15) is 18.0 Å². The lowest BCUT2D eigenvalue weighted by molar-refractivity contribution is -0.274. The molecule has 2 N–H and O–H groups in total. The Balaban J connectivity index is 1.39. The van der Waals surface area contributed by atoms with E-state index in [1.807, 2.05) is 0 Å². The number of likely N-dealkylation sites (tertiary alicyclic amines) is 1. The van der Waals surface area contributed by atoms with Crippen LogP contribution >= 0.6 is 0 Å². The van der Waals surface area contributed by atoms with Gasteiger partial charge in [0.05, 0.1) is 6.67 Å². The number of piperidine rings is 1. The topological polar surface area (TPSA) is 62.8 Å². The Kier molecular flexibility index (Phi) is 5.05. The average Bonchev–Trinajstić information content (AvgIpc) is 2.90. The first-order valence-corrected chi connectivity index (χ1v) is 8.11. The molecule has 0 atom stereocenters. The number of carbonyl (C=O) groups is 1. The van der Waals surface area contributed by atoms with Crippen molar-refractivity contribution in [2.24, 2.45) is 0 Å². The van der Waals surface area contributed by atoms with Gasteiger partial charge in [-0.2, -0.15) is 0 Å². The molecule has 2 aliphatic rings. The summed E-state index contributed by atoms with van der Waals surface area (Å²) in [6.07, 6.45) is -3.19. The summed E-state index contributed by atoms with van der Waals surface area (Å²) in [5.41, 5.74) is -0.425. The molecule has 0 aliphatic carbocycles. The van der Waals surface area contributed by atoms with Crippen LogP contribution in [-0.2, 0) is 4.79 Å². The second-order valence-electron chi connectivity index (χ2n) is 6.15. The normalized spacial score (nSPS) is 20.5. The molecule has 2 saturated heterocycles. The van der Waals surface area contributed by atoms with E-state index in [1.54, 1.807) is 0 Å². The fraction of sp³-hybridized carbons (Fsp3) is 0.562. The maximum absolute atomic E-state index is 12.1. The van der Waals surface area contributed by atoms with Crippen molar-refractivity contribution in [3.63, 3.8) is 0 Å². The van der Waals surface area contributed by atoms with E-state index in [2.05, 4.69) is 20.3 Å². The van der Waals surface area contributed by atoms with Crippen LogP contribution in [0.15, 0.2) is 24.3 Å². The lowest BCUT2D eigenvalue weighted by atomic mass is 9.88. The first-order chi connectivity index (χ1) is 11.9. The molecule has 25 heavy (non-hydrogen) atoms. The SMILES string of the molecule is O=C1NCNC12CCN(CCOc1ccc(OC(F)(F)F)cc1)CC2. The molecule has 1 aromatic carbocycles. The van der Waals surface area contributed by atoms with Crippen molar-refractivity contribution in [2.45, 2.75) is 24.7 Å². The van der Waals surface area contributed by atoms with Gasteiger partial charge in [-0.25, -0.2) is 0 Å². The summed E-state index contributed by atoms with van der Waals surface area (Å²) in [4.78, 5) is 14.1. The number of hydrogen-bond donors (Lipinski definition) is 2. The largest absolute Gasteiger partial charge is 0.573 e. The van der Waals surface area contributed by atoms with Crippen LogP contribution in [0.3, 0.4) is 0 Å². The summed E-state index contributed by atoms with van der Waals surface area (Å²) in [7, 11) is 0. The first kappa shape index (κ1) is 17.8. The molecular formula is C16H20F3N3O3. The highest BCUT2D eigenvalue weighted by molar-refractivity contribution is 5.88. The third kappa shape index (κ3) is 4.55. The van der Waals surface area contributed by atoms with Gasteiger partial charge in [-0.1, -0.05) is 0 Å². The number of nitrogens with zero attached hydrogens (tertiary/aromatic N) is 1. The number of carbonyl (C=O) groups excluding carboxylic acids is 1. The van der Waals surface area contributed by atoms with Gasteiger partial charge in [0.2, 0.25) is 5.91 Å². The molecule has 3 rings (SSSR count). The monoisotopic (exact) mass is 359 g/mol. The van der Waals surface area contributed by atoms with Crippen molar-refractivity contribution in [1.29, 1.82) is 0 Å². The van der Waals surface area contributed by atoms with Gasteiger partial charge < -0.3 is 14.8 Å². The fourth-order valence-corrected chi connectivity index (χ4v) is 3.14. The summed E-state index contributed by atoms with van der Waals surface area (Å²) >= 11 is 0. The van der Waals surface area contributed by atoms with Gasteiger partial charge >= 0.3 is 6.36 Å². The van der Waals surface area contributed by atoms with Crippen molar-refractivity contribution < 1.29 is 27.4 Å². The van der Waals surface area contributed by atoms with Crippen LogP contribution in [-0.4, -0.2) is 55.6 Å². The summed E-state index contributed by atoms with van der Waals surface area (Å²) in [6.45, 7) is 3.23. The molecule has 9 heteroatoms. The van der Waals surface area contributed by atoms with Gasteiger partial charge in [-0.15, -0.1) is 13.2 Å². The summed E-state index contributed by atoms with van der Waals surface area (Å²) in [5, 5.41) is 6.04. The molecule has 0 bridgehead atoms. The highest BCUT2D eigenvalue weighted by atomic mass is 19.4. The number of ether oxygens (including phenoxy) is 2. The Hall–Kier alpha value is -2.00. The number of alkyl halides is 3. The van der Waals surface area contributed by atoms with E-state index in [-0.39, 0.29) is 11.7 Å². The Bertz CT molecular complexity index is 599. The quantitative estimate of drug-likeness (QED) is 0.834. The van der Waals surface area contributed by atoms with Gasteiger partial charge in [0.25, 0.3) is 0 Å². The van der Waals surface area contributed by atoms with Crippen molar-refractivity contribution in [3.8, 4) is 11.5 Å². The van der Waals surface area contributed by atoms with E-state index >= 15 is 0 Å². The Morgan fingerprint density at radius 2 is 1.76 bits per heavy atom. The predicted octanol–water partition coefficient (Wildman–Crippen LogP) is 1.48. The minimum atomic E-state index is -4.70. The molecule has 2 aliphatic heterocycles. The molecule has 1 amide bonds. The lowest BCUT2D eigenvalue weighted by Crippen LogP contribution is -2.54. The Morgan fingerprint density at radius 1 is 1.12 bits per heavy atom. The van der Waals surface area contributed by atoms with Crippen LogP contribution in [0.5, 0.6) is 11.5 Å². The van der Waals surface area contributed by atoms with E-state index in [1.165, 1.54) is 24.3 Å². The van der Waals surface area contributed by atoms with Crippen LogP contribution in [0.4, 0.5) is 13.2 Å². The average molecular weight is 359 g/mol. The third-order valence-corrected chi connectivity index (χ3v) is 4.55. The summed E-state index contributed by atoms with van der Waals surface area (Å²) in [6, 6.07) is 5.33. The molecule has 0 saturated carbocycles. The van der Waals surface area contributed by atoms with Crippen LogP contribution in [0, 0.1) is 0 Å². The maximum Gasteiger partial charge on any atom is 0.573 e. The predicted molar refractivity (Wildman–Crippen MR) is 83.2 cm³/mol. The molecule has 2 heterocycles. The molecule has 6 nitrogen and oxygen atoms in total. The highest BCUT2D eigenvalue weighted by Gasteiger charge is 2.44. The first-order valence-electron chi connectivity index (χ1n) is 8.11. The minimum absolute atomic E-state index is 0.0737. The zero-order valence-corrected chi connectivity index (χ0v) is 13.6.